The van der Waals surface area contributed by atoms with Gasteiger partial charge in [0.05, 0.1) is 4.83 Å². The van der Waals surface area contributed by atoms with E-state index in [9.17, 15) is 9.59 Å². The van der Waals surface area contributed by atoms with Crippen molar-refractivity contribution in [2.24, 2.45) is 0 Å². The van der Waals surface area contributed by atoms with E-state index >= 15 is 0 Å². The summed E-state index contributed by atoms with van der Waals surface area (Å²) in [6, 6.07) is 15.8. The minimum absolute atomic E-state index is 0.0273. The molecule has 2 nitrogen and oxygen atoms in total. The van der Waals surface area contributed by atoms with E-state index in [1.54, 1.807) is 36.4 Å². The summed E-state index contributed by atoms with van der Waals surface area (Å²) >= 11 is 15.5. The van der Waals surface area contributed by atoms with E-state index in [2.05, 4.69) is 15.9 Å². The molecule has 2 atom stereocenters. The largest absolute Gasteiger partial charge is 0.294 e. The molecule has 0 bridgehead atoms. The highest BCUT2D eigenvalue weighted by Crippen LogP contribution is 2.22. The van der Waals surface area contributed by atoms with Gasteiger partial charge in [0.15, 0.2) is 11.6 Å². The monoisotopic (exact) mass is 412 g/mol. The fourth-order valence-corrected chi connectivity index (χ4v) is 3.62. The van der Waals surface area contributed by atoms with Crippen LogP contribution in [0.4, 0.5) is 0 Å². The van der Waals surface area contributed by atoms with Crippen molar-refractivity contribution >= 4 is 50.7 Å². The molecule has 0 spiro atoms. The Morgan fingerprint density at radius 1 is 1.00 bits per heavy atom. The van der Waals surface area contributed by atoms with E-state index in [0.29, 0.717) is 22.6 Å². The van der Waals surface area contributed by atoms with Crippen LogP contribution in [0.1, 0.15) is 33.6 Å². The van der Waals surface area contributed by atoms with Gasteiger partial charge in [-0.1, -0.05) is 70.0 Å². The summed E-state index contributed by atoms with van der Waals surface area (Å²) in [6.45, 7) is 0. The van der Waals surface area contributed by atoms with Crippen LogP contribution in [0.15, 0.2) is 54.6 Å². The van der Waals surface area contributed by atoms with Crippen LogP contribution >= 0.6 is 39.1 Å². The molecule has 2 aromatic rings. The third kappa shape index (κ3) is 5.45. The lowest BCUT2D eigenvalue weighted by Gasteiger charge is -2.13. The number of carbonyl (C=O) groups is 2. The number of alkyl halides is 2. The first-order valence-corrected chi connectivity index (χ1v) is 8.86. The zero-order valence-electron chi connectivity index (χ0n) is 12.2. The number of hydrogen-bond donors (Lipinski definition) is 0. The average Bonchev–Trinajstić information content (AvgIpc) is 2.54. The van der Waals surface area contributed by atoms with Crippen LogP contribution in [0.3, 0.4) is 0 Å². The second-order valence-electron chi connectivity index (χ2n) is 5.17. The molecule has 0 amide bonds. The maximum Gasteiger partial charge on any atom is 0.176 e. The summed E-state index contributed by atoms with van der Waals surface area (Å²) < 4.78 is 0. The Morgan fingerprint density at radius 3 is 2.30 bits per heavy atom. The third-order valence-corrected chi connectivity index (χ3v) is 4.72. The fraction of sp³-hybridized carbons (Fsp3) is 0.222. The molecule has 2 unspecified atom stereocenters. The van der Waals surface area contributed by atoms with E-state index in [-0.39, 0.29) is 18.0 Å². The molecule has 0 fully saturated rings. The fourth-order valence-electron chi connectivity index (χ4n) is 2.18. The molecule has 0 heterocycles. The highest BCUT2D eigenvalue weighted by Gasteiger charge is 2.22. The van der Waals surface area contributed by atoms with E-state index < -0.39 is 10.2 Å². The van der Waals surface area contributed by atoms with Crippen molar-refractivity contribution < 1.29 is 9.59 Å². The highest BCUT2D eigenvalue weighted by atomic mass is 79.9. The van der Waals surface area contributed by atoms with Crippen molar-refractivity contribution in [3.8, 4) is 0 Å². The molecule has 2 aromatic carbocycles. The van der Waals surface area contributed by atoms with Crippen LogP contribution in [0.5, 0.6) is 0 Å². The predicted octanol–water partition coefficient (Wildman–Crippen LogP) is 5.56. The molecule has 0 saturated heterocycles. The van der Waals surface area contributed by atoms with Gasteiger partial charge in [-0.15, -0.1) is 11.6 Å². The summed E-state index contributed by atoms with van der Waals surface area (Å²) in [5.41, 5.74) is 1.16. The molecular formula is C18H15BrCl2O2. The number of carbonyl (C=O) groups excluding carboxylic acids is 2. The van der Waals surface area contributed by atoms with E-state index in [1.165, 1.54) is 0 Å². The van der Waals surface area contributed by atoms with Gasteiger partial charge in [-0.25, -0.2) is 0 Å². The van der Waals surface area contributed by atoms with Crippen molar-refractivity contribution in [3.63, 3.8) is 0 Å². The van der Waals surface area contributed by atoms with Gasteiger partial charge in [0.1, 0.15) is 0 Å². The minimum Gasteiger partial charge on any atom is -0.294 e. The van der Waals surface area contributed by atoms with Crippen LogP contribution < -0.4 is 0 Å². The second kappa shape index (κ2) is 8.62. The van der Waals surface area contributed by atoms with Crippen molar-refractivity contribution in [2.45, 2.75) is 23.0 Å². The molecule has 0 aliphatic carbocycles. The SMILES string of the molecule is O=C(CC(Cl)CC(Br)C(=O)c1cccc(Cl)c1)c1ccccc1. The Balaban J connectivity index is 1.93. The Kier molecular flexibility index (Phi) is 6.82. The van der Waals surface area contributed by atoms with E-state index in [1.807, 2.05) is 18.2 Å². The Hall–Kier alpha value is -1.16. The molecule has 0 aromatic heterocycles. The van der Waals surface area contributed by atoms with Crippen molar-refractivity contribution in [1.29, 1.82) is 0 Å². The van der Waals surface area contributed by atoms with Gasteiger partial charge in [0.25, 0.3) is 0 Å². The highest BCUT2D eigenvalue weighted by molar-refractivity contribution is 9.10. The predicted molar refractivity (Wildman–Crippen MR) is 98.1 cm³/mol. The summed E-state index contributed by atoms with van der Waals surface area (Å²) in [7, 11) is 0. The third-order valence-electron chi connectivity index (χ3n) is 3.36. The van der Waals surface area contributed by atoms with Crippen molar-refractivity contribution in [3.05, 3.63) is 70.7 Å². The number of halogens is 3. The molecule has 0 N–H and O–H groups in total. The standard InChI is InChI=1S/C18H15BrCl2O2/c19-16(18(23)13-7-4-8-14(20)9-13)10-15(21)11-17(22)12-5-2-1-3-6-12/h1-9,15-16H,10-11H2. The van der Waals surface area contributed by atoms with E-state index in [0.717, 1.165) is 0 Å². The Bertz CT molecular complexity index is 688. The van der Waals surface area contributed by atoms with Crippen LogP contribution in [0, 0.1) is 0 Å². The van der Waals surface area contributed by atoms with Gasteiger partial charge < -0.3 is 0 Å². The van der Waals surface area contributed by atoms with Gasteiger partial charge in [0.2, 0.25) is 0 Å². The smallest absolute Gasteiger partial charge is 0.176 e. The average molecular weight is 414 g/mol. The first-order chi connectivity index (χ1) is 11.0. The van der Waals surface area contributed by atoms with Gasteiger partial charge in [-0.2, -0.15) is 0 Å². The zero-order chi connectivity index (χ0) is 16.8. The maximum absolute atomic E-state index is 12.3. The summed E-state index contributed by atoms with van der Waals surface area (Å²) in [4.78, 5) is 24.0. The molecule has 0 aliphatic heterocycles. The quantitative estimate of drug-likeness (QED) is 0.440. The maximum atomic E-state index is 12.3. The molecule has 5 heteroatoms. The lowest BCUT2D eigenvalue weighted by Crippen LogP contribution is -2.20. The lowest BCUT2D eigenvalue weighted by molar-refractivity contribution is 0.0961. The molecular weight excluding hydrogens is 399 g/mol. The molecule has 120 valence electrons. The second-order valence-corrected chi connectivity index (χ2v) is 7.33. The number of rotatable bonds is 7. The molecule has 0 aliphatic rings. The Labute approximate surface area is 153 Å². The summed E-state index contributed by atoms with van der Waals surface area (Å²) in [5, 5.41) is 0.0902. The lowest BCUT2D eigenvalue weighted by atomic mass is 10.0. The normalized spacial score (nSPS) is 13.3. The Morgan fingerprint density at radius 2 is 1.65 bits per heavy atom. The first-order valence-electron chi connectivity index (χ1n) is 7.13. The molecule has 23 heavy (non-hydrogen) atoms. The first kappa shape index (κ1) is 18.2. The van der Waals surface area contributed by atoms with Crippen LogP contribution in [-0.2, 0) is 0 Å². The van der Waals surface area contributed by atoms with Gasteiger partial charge in [-0.3, -0.25) is 9.59 Å². The van der Waals surface area contributed by atoms with Crippen LogP contribution in [-0.4, -0.2) is 21.8 Å². The van der Waals surface area contributed by atoms with Crippen LogP contribution in [0.2, 0.25) is 5.02 Å². The molecule has 2 rings (SSSR count). The summed E-state index contributed by atoms with van der Waals surface area (Å²) in [5.74, 6) is -0.120. The zero-order valence-corrected chi connectivity index (χ0v) is 15.3. The molecule has 0 radical (unpaired) electrons. The molecule has 0 saturated carbocycles. The van der Waals surface area contributed by atoms with Gasteiger partial charge in [0, 0.05) is 27.9 Å². The van der Waals surface area contributed by atoms with Crippen molar-refractivity contribution in [1.82, 2.24) is 0 Å². The number of hydrogen-bond acceptors (Lipinski definition) is 2. The minimum atomic E-state index is -0.452. The topological polar surface area (TPSA) is 34.1 Å². The number of benzene rings is 2. The number of Topliss-reactive ketones (excluding diaryl/α,β-unsaturated/α-hetero) is 2. The summed E-state index contributed by atoms with van der Waals surface area (Å²) in [6.07, 6.45) is 0.558. The van der Waals surface area contributed by atoms with E-state index in [4.69, 9.17) is 23.2 Å². The van der Waals surface area contributed by atoms with Gasteiger partial charge in [-0.05, 0) is 18.6 Å². The number of ketones is 2. The van der Waals surface area contributed by atoms with Crippen LogP contribution in [0.25, 0.3) is 0 Å². The van der Waals surface area contributed by atoms with Crippen molar-refractivity contribution in [2.75, 3.05) is 0 Å². The van der Waals surface area contributed by atoms with Gasteiger partial charge >= 0.3 is 0 Å².